The Morgan fingerprint density at radius 2 is 1.70 bits per heavy atom. The lowest BCUT2D eigenvalue weighted by atomic mass is 9.94. The number of para-hydroxylation sites is 1. The SMILES string of the molecule is CC1=C(C)C(C)C(Cc2ccc3ccccc3n2)=C1C. The molecule has 0 fully saturated rings. The first kappa shape index (κ1) is 13.1. The standard InChI is InChI=1S/C19H21N/c1-12-13(2)15(4)18(14(12)3)11-17-10-9-16-7-5-6-8-19(16)20-17/h5-10,14H,11H2,1-4H3. The number of hydrogen-bond donors (Lipinski definition) is 0. The molecule has 1 aliphatic rings. The van der Waals surface area contributed by atoms with Crippen LogP contribution in [0.3, 0.4) is 0 Å². The van der Waals surface area contributed by atoms with E-state index < -0.39 is 0 Å². The molecule has 1 aromatic heterocycles. The second kappa shape index (κ2) is 4.90. The summed E-state index contributed by atoms with van der Waals surface area (Å²) in [6, 6.07) is 12.7. The van der Waals surface area contributed by atoms with Crippen molar-refractivity contribution in [2.45, 2.75) is 34.1 Å². The maximum Gasteiger partial charge on any atom is 0.0705 e. The van der Waals surface area contributed by atoms with E-state index in [0.29, 0.717) is 5.92 Å². The molecule has 0 aliphatic heterocycles. The molecule has 0 radical (unpaired) electrons. The molecule has 1 nitrogen and oxygen atoms in total. The third kappa shape index (κ3) is 2.07. The highest BCUT2D eigenvalue weighted by Crippen LogP contribution is 2.38. The minimum absolute atomic E-state index is 0.559. The lowest BCUT2D eigenvalue weighted by Gasteiger charge is -2.12. The zero-order valence-corrected chi connectivity index (χ0v) is 12.7. The molecule has 1 aromatic carbocycles. The predicted molar refractivity (Wildman–Crippen MR) is 85.7 cm³/mol. The van der Waals surface area contributed by atoms with Crippen LogP contribution < -0.4 is 0 Å². The van der Waals surface area contributed by atoms with Gasteiger partial charge in [-0.25, -0.2) is 0 Å². The molecule has 20 heavy (non-hydrogen) atoms. The van der Waals surface area contributed by atoms with Crippen LogP contribution in [0.15, 0.2) is 58.7 Å². The minimum Gasteiger partial charge on any atom is -0.253 e. The van der Waals surface area contributed by atoms with E-state index in [1.807, 2.05) is 0 Å². The Morgan fingerprint density at radius 3 is 2.40 bits per heavy atom. The van der Waals surface area contributed by atoms with Crippen molar-refractivity contribution in [2.75, 3.05) is 0 Å². The van der Waals surface area contributed by atoms with E-state index in [9.17, 15) is 0 Å². The maximum absolute atomic E-state index is 4.80. The minimum atomic E-state index is 0.559. The molecule has 1 heteroatoms. The first-order chi connectivity index (χ1) is 9.58. The summed E-state index contributed by atoms with van der Waals surface area (Å²) in [5.74, 6) is 0.559. The van der Waals surface area contributed by atoms with Crippen LogP contribution in [0, 0.1) is 5.92 Å². The summed E-state index contributed by atoms with van der Waals surface area (Å²) in [5.41, 5.74) is 8.24. The van der Waals surface area contributed by atoms with E-state index in [2.05, 4.69) is 64.1 Å². The molecule has 1 aliphatic carbocycles. The lowest BCUT2D eigenvalue weighted by molar-refractivity contribution is 0.777. The third-order valence-electron chi connectivity index (χ3n) is 4.84. The zero-order valence-electron chi connectivity index (χ0n) is 12.7. The Bertz CT molecular complexity index is 734. The van der Waals surface area contributed by atoms with Crippen LogP contribution in [0.2, 0.25) is 0 Å². The van der Waals surface area contributed by atoms with Crippen molar-refractivity contribution in [1.82, 2.24) is 4.98 Å². The molecule has 0 bridgehead atoms. The second-order valence-electron chi connectivity index (χ2n) is 5.85. The van der Waals surface area contributed by atoms with Crippen molar-refractivity contribution >= 4 is 10.9 Å². The summed E-state index contributed by atoms with van der Waals surface area (Å²) in [7, 11) is 0. The number of nitrogens with zero attached hydrogens (tertiary/aromatic N) is 1. The number of hydrogen-bond acceptors (Lipinski definition) is 1. The smallest absolute Gasteiger partial charge is 0.0705 e. The molecular weight excluding hydrogens is 242 g/mol. The number of pyridine rings is 1. The molecule has 2 aromatic rings. The monoisotopic (exact) mass is 263 g/mol. The summed E-state index contributed by atoms with van der Waals surface area (Å²) in [4.78, 5) is 4.80. The fourth-order valence-corrected chi connectivity index (χ4v) is 3.13. The zero-order chi connectivity index (χ0) is 14.3. The van der Waals surface area contributed by atoms with Crippen molar-refractivity contribution in [3.05, 3.63) is 64.4 Å². The Morgan fingerprint density at radius 1 is 0.950 bits per heavy atom. The van der Waals surface area contributed by atoms with E-state index >= 15 is 0 Å². The van der Waals surface area contributed by atoms with Gasteiger partial charge in [0.25, 0.3) is 0 Å². The van der Waals surface area contributed by atoms with Crippen molar-refractivity contribution in [1.29, 1.82) is 0 Å². The first-order valence-electron chi connectivity index (χ1n) is 7.30. The van der Waals surface area contributed by atoms with Crippen LogP contribution in [0.1, 0.15) is 33.4 Å². The van der Waals surface area contributed by atoms with Crippen LogP contribution in [0.25, 0.3) is 10.9 Å². The molecule has 1 unspecified atom stereocenters. The number of aromatic nitrogens is 1. The molecule has 0 N–H and O–H groups in total. The van der Waals surface area contributed by atoms with Gasteiger partial charge in [0.1, 0.15) is 0 Å². The molecular formula is C19H21N. The molecule has 0 amide bonds. The van der Waals surface area contributed by atoms with Crippen LogP contribution in [-0.4, -0.2) is 4.98 Å². The third-order valence-corrected chi connectivity index (χ3v) is 4.84. The summed E-state index contributed by atoms with van der Waals surface area (Å²) in [5, 5.41) is 1.21. The van der Waals surface area contributed by atoms with E-state index in [1.165, 1.54) is 33.4 Å². The molecule has 3 rings (SSSR count). The normalized spacial score (nSPS) is 19.3. The van der Waals surface area contributed by atoms with Gasteiger partial charge in [0, 0.05) is 17.5 Å². The molecule has 1 heterocycles. The Labute approximate surface area is 121 Å². The van der Waals surface area contributed by atoms with E-state index in [0.717, 1.165) is 11.9 Å². The number of benzene rings is 1. The largest absolute Gasteiger partial charge is 0.253 e. The maximum atomic E-state index is 4.80. The van der Waals surface area contributed by atoms with Gasteiger partial charge in [-0.1, -0.05) is 42.3 Å². The van der Waals surface area contributed by atoms with Crippen molar-refractivity contribution in [3.63, 3.8) is 0 Å². The van der Waals surface area contributed by atoms with Crippen LogP contribution in [0.4, 0.5) is 0 Å². The van der Waals surface area contributed by atoms with E-state index in [1.54, 1.807) is 0 Å². The van der Waals surface area contributed by atoms with Crippen LogP contribution in [0.5, 0.6) is 0 Å². The van der Waals surface area contributed by atoms with E-state index in [-0.39, 0.29) is 0 Å². The molecule has 0 spiro atoms. The highest BCUT2D eigenvalue weighted by molar-refractivity contribution is 5.78. The van der Waals surface area contributed by atoms with E-state index in [4.69, 9.17) is 4.98 Å². The fraction of sp³-hybridized carbons (Fsp3) is 0.316. The Hall–Kier alpha value is -1.89. The van der Waals surface area contributed by atoms with Crippen molar-refractivity contribution in [2.24, 2.45) is 5.92 Å². The highest BCUT2D eigenvalue weighted by atomic mass is 14.7. The predicted octanol–water partition coefficient (Wildman–Crippen LogP) is 5.08. The average molecular weight is 263 g/mol. The van der Waals surface area contributed by atoms with Gasteiger partial charge in [0.15, 0.2) is 0 Å². The number of allylic oxidation sites excluding steroid dienone is 4. The fourth-order valence-electron chi connectivity index (χ4n) is 3.13. The summed E-state index contributed by atoms with van der Waals surface area (Å²) in [6.45, 7) is 9.05. The van der Waals surface area contributed by atoms with Gasteiger partial charge in [0.05, 0.1) is 5.52 Å². The van der Waals surface area contributed by atoms with Crippen LogP contribution in [-0.2, 0) is 6.42 Å². The molecule has 0 saturated carbocycles. The van der Waals surface area contributed by atoms with Gasteiger partial charge in [-0.3, -0.25) is 4.98 Å². The highest BCUT2D eigenvalue weighted by Gasteiger charge is 2.23. The molecule has 102 valence electrons. The Kier molecular flexibility index (Phi) is 3.21. The van der Waals surface area contributed by atoms with Gasteiger partial charge in [0.2, 0.25) is 0 Å². The lowest BCUT2D eigenvalue weighted by Crippen LogP contribution is -2.02. The summed E-state index contributed by atoms with van der Waals surface area (Å²) < 4.78 is 0. The number of rotatable bonds is 2. The summed E-state index contributed by atoms with van der Waals surface area (Å²) in [6.07, 6.45) is 0.965. The van der Waals surface area contributed by atoms with Gasteiger partial charge in [-0.15, -0.1) is 0 Å². The van der Waals surface area contributed by atoms with Crippen molar-refractivity contribution < 1.29 is 0 Å². The topological polar surface area (TPSA) is 12.9 Å². The quantitative estimate of drug-likeness (QED) is 0.736. The van der Waals surface area contributed by atoms with Gasteiger partial charge in [-0.2, -0.15) is 0 Å². The second-order valence-corrected chi connectivity index (χ2v) is 5.85. The molecule has 0 saturated heterocycles. The summed E-state index contributed by atoms with van der Waals surface area (Å²) >= 11 is 0. The number of fused-ring (bicyclic) bond motifs is 1. The molecule has 1 atom stereocenters. The van der Waals surface area contributed by atoms with Crippen LogP contribution >= 0.6 is 0 Å². The van der Waals surface area contributed by atoms with Crippen molar-refractivity contribution in [3.8, 4) is 0 Å². The first-order valence-corrected chi connectivity index (χ1v) is 7.30. The Balaban J connectivity index is 1.95. The van der Waals surface area contributed by atoms with Gasteiger partial charge >= 0.3 is 0 Å². The van der Waals surface area contributed by atoms with Gasteiger partial charge < -0.3 is 0 Å². The van der Waals surface area contributed by atoms with Gasteiger partial charge in [-0.05, 0) is 50.0 Å². The average Bonchev–Trinajstić information content (AvgIpc) is 2.65.